The molecule has 0 saturated carbocycles. The zero-order chi connectivity index (χ0) is 12.8. The lowest BCUT2D eigenvalue weighted by molar-refractivity contribution is -0.0829. The highest BCUT2D eigenvalue weighted by Crippen LogP contribution is 2.28. The number of hydrogen-bond donors (Lipinski definition) is 0. The number of allylic oxidation sites excluding steroid dienone is 2. The molecule has 0 spiro atoms. The number of methoxy groups -OCH3 is 1. The van der Waals surface area contributed by atoms with Crippen molar-refractivity contribution in [2.24, 2.45) is 0 Å². The highest BCUT2D eigenvalue weighted by atomic mass is 16.7. The summed E-state index contributed by atoms with van der Waals surface area (Å²) < 4.78 is 10.3. The molecule has 0 fully saturated rings. The van der Waals surface area contributed by atoms with Crippen molar-refractivity contribution < 1.29 is 9.47 Å². The van der Waals surface area contributed by atoms with E-state index in [0.29, 0.717) is 6.42 Å². The molecule has 0 N–H and O–H groups in total. The Labute approximate surface area is 107 Å². The van der Waals surface area contributed by atoms with Gasteiger partial charge in [-0.2, -0.15) is 5.26 Å². The Hall–Kier alpha value is -1.89. The number of ether oxygens (including phenoxy) is 2. The van der Waals surface area contributed by atoms with Crippen LogP contribution in [0, 0.1) is 11.3 Å². The molecule has 0 amide bonds. The molecular formula is C15H15NO2. The number of rotatable bonds is 4. The van der Waals surface area contributed by atoms with Crippen LogP contribution in [-0.2, 0) is 9.47 Å². The van der Waals surface area contributed by atoms with E-state index in [4.69, 9.17) is 9.47 Å². The van der Waals surface area contributed by atoms with E-state index < -0.39 is 5.60 Å². The van der Waals surface area contributed by atoms with Crippen LogP contribution in [0.1, 0.15) is 12.0 Å². The smallest absolute Gasteiger partial charge is 0.179 e. The highest BCUT2D eigenvalue weighted by molar-refractivity contribution is 5.75. The summed E-state index contributed by atoms with van der Waals surface area (Å²) in [5.74, 6) is 0. The van der Waals surface area contributed by atoms with Crippen molar-refractivity contribution in [1.82, 2.24) is 0 Å². The second-order valence-corrected chi connectivity index (χ2v) is 4.12. The molecule has 1 aliphatic rings. The molecule has 18 heavy (non-hydrogen) atoms. The fourth-order valence-electron chi connectivity index (χ4n) is 1.85. The van der Waals surface area contributed by atoms with E-state index in [2.05, 4.69) is 6.07 Å². The lowest BCUT2D eigenvalue weighted by Crippen LogP contribution is -2.30. The maximum Gasteiger partial charge on any atom is 0.179 e. The predicted octanol–water partition coefficient (Wildman–Crippen LogP) is 2.91. The number of nitriles is 1. The first-order chi connectivity index (χ1) is 8.79. The van der Waals surface area contributed by atoms with E-state index in [1.54, 1.807) is 13.2 Å². The van der Waals surface area contributed by atoms with Gasteiger partial charge in [0.15, 0.2) is 5.60 Å². The number of hydrogen-bond acceptors (Lipinski definition) is 3. The molecule has 3 nitrogen and oxygen atoms in total. The van der Waals surface area contributed by atoms with Crippen molar-refractivity contribution in [3.8, 4) is 6.07 Å². The molecule has 3 heteroatoms. The maximum atomic E-state index is 9.21. The van der Waals surface area contributed by atoms with E-state index in [9.17, 15) is 5.26 Å². The Morgan fingerprint density at radius 1 is 1.33 bits per heavy atom. The Balaban J connectivity index is 2.13. The quantitative estimate of drug-likeness (QED) is 0.761. The van der Waals surface area contributed by atoms with Gasteiger partial charge in [0.2, 0.25) is 0 Å². The summed E-state index contributed by atoms with van der Waals surface area (Å²) in [6.07, 6.45) is 6.29. The molecule has 1 aliphatic carbocycles. The standard InChI is InChI=1S/C15H15NO2/c1-17-12-18-15(11-16)9-7-14(8-10-15)13-5-3-2-4-6-13/h2-9H,10,12H2,1H3. The normalized spacial score (nSPS) is 22.3. The average Bonchev–Trinajstić information content (AvgIpc) is 2.47. The first-order valence-electron chi connectivity index (χ1n) is 5.79. The first-order valence-corrected chi connectivity index (χ1v) is 5.79. The average molecular weight is 241 g/mol. The van der Waals surface area contributed by atoms with Gasteiger partial charge in [-0.1, -0.05) is 42.5 Å². The van der Waals surface area contributed by atoms with Crippen LogP contribution in [0.5, 0.6) is 0 Å². The second-order valence-electron chi connectivity index (χ2n) is 4.12. The van der Waals surface area contributed by atoms with Crippen molar-refractivity contribution >= 4 is 5.57 Å². The van der Waals surface area contributed by atoms with Gasteiger partial charge in [0.25, 0.3) is 0 Å². The van der Waals surface area contributed by atoms with Crippen LogP contribution < -0.4 is 0 Å². The van der Waals surface area contributed by atoms with Crippen LogP contribution in [0.3, 0.4) is 0 Å². The molecule has 92 valence electrons. The van der Waals surface area contributed by atoms with Gasteiger partial charge in [-0.25, -0.2) is 0 Å². The van der Waals surface area contributed by atoms with Crippen LogP contribution in [0.4, 0.5) is 0 Å². The van der Waals surface area contributed by atoms with Gasteiger partial charge in [-0.3, -0.25) is 0 Å². The number of benzene rings is 1. The third-order valence-corrected chi connectivity index (χ3v) is 2.89. The van der Waals surface area contributed by atoms with Crippen LogP contribution in [0.25, 0.3) is 5.57 Å². The van der Waals surface area contributed by atoms with Crippen molar-refractivity contribution in [2.45, 2.75) is 12.0 Å². The maximum absolute atomic E-state index is 9.21. The minimum atomic E-state index is -0.895. The monoisotopic (exact) mass is 241 g/mol. The Morgan fingerprint density at radius 2 is 2.11 bits per heavy atom. The molecule has 1 unspecified atom stereocenters. The molecular weight excluding hydrogens is 226 g/mol. The lowest BCUT2D eigenvalue weighted by atomic mass is 9.90. The Bertz CT molecular complexity index is 499. The Kier molecular flexibility index (Phi) is 3.93. The summed E-state index contributed by atoms with van der Waals surface area (Å²) in [5, 5.41) is 9.21. The third-order valence-electron chi connectivity index (χ3n) is 2.89. The van der Waals surface area contributed by atoms with Crippen LogP contribution in [-0.4, -0.2) is 19.5 Å². The van der Waals surface area contributed by atoms with Crippen molar-refractivity contribution in [1.29, 1.82) is 5.26 Å². The van der Waals surface area contributed by atoms with E-state index in [0.717, 1.165) is 11.1 Å². The summed E-state index contributed by atoms with van der Waals surface area (Å²) in [6, 6.07) is 12.3. The molecule has 2 rings (SSSR count). The topological polar surface area (TPSA) is 42.2 Å². The van der Waals surface area contributed by atoms with Crippen LogP contribution >= 0.6 is 0 Å². The Morgan fingerprint density at radius 3 is 2.67 bits per heavy atom. The fourth-order valence-corrected chi connectivity index (χ4v) is 1.85. The number of nitrogens with zero attached hydrogens (tertiary/aromatic N) is 1. The minimum absolute atomic E-state index is 0.117. The third kappa shape index (κ3) is 2.67. The summed E-state index contributed by atoms with van der Waals surface area (Å²) >= 11 is 0. The molecule has 0 heterocycles. The molecule has 1 atom stereocenters. The van der Waals surface area contributed by atoms with Gasteiger partial charge in [-0.15, -0.1) is 0 Å². The molecule has 0 bridgehead atoms. The molecule has 0 saturated heterocycles. The SMILES string of the molecule is COCOC1(C#N)C=CC(c2ccccc2)=CC1. The molecule has 0 aromatic heterocycles. The van der Waals surface area contributed by atoms with Gasteiger partial charge in [0.1, 0.15) is 12.9 Å². The minimum Gasteiger partial charge on any atom is -0.359 e. The molecule has 0 aliphatic heterocycles. The van der Waals surface area contributed by atoms with Gasteiger partial charge >= 0.3 is 0 Å². The highest BCUT2D eigenvalue weighted by Gasteiger charge is 2.29. The van der Waals surface area contributed by atoms with E-state index in [1.807, 2.05) is 42.5 Å². The van der Waals surface area contributed by atoms with Gasteiger partial charge in [0.05, 0.1) is 0 Å². The van der Waals surface area contributed by atoms with Crippen molar-refractivity contribution in [2.75, 3.05) is 13.9 Å². The molecule has 1 aromatic rings. The summed E-state index contributed by atoms with van der Waals surface area (Å²) in [5.41, 5.74) is 1.36. The summed E-state index contributed by atoms with van der Waals surface area (Å²) in [4.78, 5) is 0. The van der Waals surface area contributed by atoms with E-state index >= 15 is 0 Å². The zero-order valence-corrected chi connectivity index (χ0v) is 10.3. The van der Waals surface area contributed by atoms with Crippen molar-refractivity contribution in [3.63, 3.8) is 0 Å². The van der Waals surface area contributed by atoms with Gasteiger partial charge < -0.3 is 9.47 Å². The van der Waals surface area contributed by atoms with E-state index in [1.165, 1.54) is 0 Å². The molecule has 1 aromatic carbocycles. The predicted molar refractivity (Wildman–Crippen MR) is 69.5 cm³/mol. The largest absolute Gasteiger partial charge is 0.359 e. The van der Waals surface area contributed by atoms with Gasteiger partial charge in [-0.05, 0) is 17.2 Å². The van der Waals surface area contributed by atoms with Gasteiger partial charge in [0, 0.05) is 13.5 Å². The first kappa shape index (κ1) is 12.6. The second kappa shape index (κ2) is 5.63. The summed E-state index contributed by atoms with van der Waals surface area (Å²) in [7, 11) is 1.54. The zero-order valence-electron chi connectivity index (χ0n) is 10.3. The summed E-state index contributed by atoms with van der Waals surface area (Å²) in [6.45, 7) is 0.117. The van der Waals surface area contributed by atoms with Crippen LogP contribution in [0.15, 0.2) is 48.6 Å². The van der Waals surface area contributed by atoms with Crippen molar-refractivity contribution in [3.05, 3.63) is 54.1 Å². The lowest BCUT2D eigenvalue weighted by Gasteiger charge is -2.25. The molecule has 0 radical (unpaired) electrons. The van der Waals surface area contributed by atoms with E-state index in [-0.39, 0.29) is 6.79 Å². The fraction of sp³-hybridized carbons (Fsp3) is 0.267. The van der Waals surface area contributed by atoms with Crippen LogP contribution in [0.2, 0.25) is 0 Å².